The zero-order chi connectivity index (χ0) is 20.4. The van der Waals surface area contributed by atoms with Gasteiger partial charge in [0, 0.05) is 17.8 Å². The molecule has 1 saturated carbocycles. The Morgan fingerprint density at radius 2 is 1.75 bits per heavy atom. The molecular formula is C20H26N2O5S. The van der Waals surface area contributed by atoms with Crippen molar-refractivity contribution >= 4 is 40.0 Å². The number of esters is 1. The van der Waals surface area contributed by atoms with Gasteiger partial charge in [-0.3, -0.25) is 19.3 Å². The molecule has 0 radical (unpaired) electrons. The average molecular weight is 407 g/mol. The van der Waals surface area contributed by atoms with Gasteiger partial charge in [0.1, 0.15) is 5.00 Å². The molecule has 7 nitrogen and oxygen atoms in total. The van der Waals surface area contributed by atoms with Crippen LogP contribution in [-0.4, -0.2) is 41.7 Å². The quantitative estimate of drug-likeness (QED) is 0.579. The second-order valence-electron chi connectivity index (χ2n) is 7.33. The standard InChI is InChI=1S/C20H26N2O5S/c1-4-27-20(26)16-11(2)12(3)28-17(16)21-15(23)9-10-22-18(24)13-7-5-6-8-14(13)19(22)25/h13-14H,4-10H2,1-3H3,(H,21,23). The first-order valence-corrected chi connectivity index (χ1v) is 10.6. The van der Waals surface area contributed by atoms with Crippen LogP contribution in [0.1, 0.15) is 59.8 Å². The van der Waals surface area contributed by atoms with E-state index in [1.165, 1.54) is 16.2 Å². The van der Waals surface area contributed by atoms with E-state index < -0.39 is 5.97 Å². The highest BCUT2D eigenvalue weighted by atomic mass is 32.1. The van der Waals surface area contributed by atoms with E-state index in [-0.39, 0.29) is 49.1 Å². The summed E-state index contributed by atoms with van der Waals surface area (Å²) in [7, 11) is 0. The summed E-state index contributed by atoms with van der Waals surface area (Å²) in [5.74, 6) is -1.49. The first kappa shape index (κ1) is 20.5. The van der Waals surface area contributed by atoms with Gasteiger partial charge in [-0.25, -0.2) is 4.79 Å². The van der Waals surface area contributed by atoms with E-state index in [1.807, 2.05) is 13.8 Å². The van der Waals surface area contributed by atoms with Gasteiger partial charge in [-0.2, -0.15) is 0 Å². The third-order valence-corrected chi connectivity index (χ3v) is 6.74. The molecular weight excluding hydrogens is 380 g/mol. The van der Waals surface area contributed by atoms with E-state index in [1.54, 1.807) is 6.92 Å². The third-order valence-electron chi connectivity index (χ3n) is 5.61. The molecule has 0 bridgehead atoms. The lowest BCUT2D eigenvalue weighted by Gasteiger charge is -2.19. The minimum atomic E-state index is -0.464. The number of amides is 3. The normalized spacial score (nSPS) is 21.6. The molecule has 0 aromatic carbocycles. The number of rotatable bonds is 6. The second kappa shape index (κ2) is 8.43. The van der Waals surface area contributed by atoms with E-state index in [9.17, 15) is 19.2 Å². The highest BCUT2D eigenvalue weighted by molar-refractivity contribution is 7.16. The van der Waals surface area contributed by atoms with Crippen LogP contribution in [0.5, 0.6) is 0 Å². The number of imide groups is 1. The van der Waals surface area contributed by atoms with E-state index >= 15 is 0 Å². The third kappa shape index (κ3) is 3.83. The maximum Gasteiger partial charge on any atom is 0.341 e. The van der Waals surface area contributed by atoms with Gasteiger partial charge in [0.15, 0.2) is 0 Å². The molecule has 28 heavy (non-hydrogen) atoms. The van der Waals surface area contributed by atoms with Crippen LogP contribution in [0.25, 0.3) is 0 Å². The van der Waals surface area contributed by atoms with Crippen LogP contribution in [0.15, 0.2) is 0 Å². The largest absolute Gasteiger partial charge is 0.462 e. The monoisotopic (exact) mass is 406 g/mol. The summed E-state index contributed by atoms with van der Waals surface area (Å²) < 4.78 is 5.09. The topological polar surface area (TPSA) is 92.8 Å². The summed E-state index contributed by atoms with van der Waals surface area (Å²) in [4.78, 5) is 51.8. The highest BCUT2D eigenvalue weighted by Gasteiger charge is 2.47. The summed E-state index contributed by atoms with van der Waals surface area (Å²) in [6, 6.07) is 0. The van der Waals surface area contributed by atoms with Crippen LogP contribution >= 0.6 is 11.3 Å². The van der Waals surface area contributed by atoms with Crippen molar-refractivity contribution in [1.82, 2.24) is 4.90 Å². The number of ether oxygens (including phenoxy) is 1. The fraction of sp³-hybridized carbons (Fsp3) is 0.600. The van der Waals surface area contributed by atoms with Gasteiger partial charge in [-0.1, -0.05) is 12.8 Å². The Kier molecular flexibility index (Phi) is 6.17. The number of thiophene rings is 1. The molecule has 1 N–H and O–H groups in total. The van der Waals surface area contributed by atoms with Gasteiger partial charge in [-0.05, 0) is 39.2 Å². The van der Waals surface area contributed by atoms with E-state index in [4.69, 9.17) is 4.74 Å². The molecule has 2 atom stereocenters. The average Bonchev–Trinajstić information content (AvgIpc) is 3.07. The summed E-state index contributed by atoms with van der Waals surface area (Å²) in [5.41, 5.74) is 1.16. The van der Waals surface area contributed by atoms with Gasteiger partial charge in [0.2, 0.25) is 17.7 Å². The van der Waals surface area contributed by atoms with Crippen LogP contribution < -0.4 is 5.32 Å². The second-order valence-corrected chi connectivity index (χ2v) is 8.56. The molecule has 2 unspecified atom stereocenters. The zero-order valence-corrected chi connectivity index (χ0v) is 17.3. The van der Waals surface area contributed by atoms with Crippen molar-refractivity contribution < 1.29 is 23.9 Å². The van der Waals surface area contributed by atoms with Crippen molar-refractivity contribution in [2.45, 2.75) is 52.9 Å². The minimum absolute atomic E-state index is 0.00911. The number of aryl methyl sites for hydroxylation is 1. The van der Waals surface area contributed by atoms with Crippen molar-refractivity contribution in [1.29, 1.82) is 0 Å². The number of likely N-dealkylation sites (tertiary alicyclic amines) is 1. The maximum absolute atomic E-state index is 12.5. The number of anilines is 1. The molecule has 1 aromatic rings. The first-order chi connectivity index (χ1) is 13.3. The fourth-order valence-electron chi connectivity index (χ4n) is 4.02. The Morgan fingerprint density at radius 1 is 1.14 bits per heavy atom. The Hall–Kier alpha value is -2.22. The van der Waals surface area contributed by atoms with Crippen LogP contribution in [0.2, 0.25) is 0 Å². The fourth-order valence-corrected chi connectivity index (χ4v) is 5.08. The summed E-state index contributed by atoms with van der Waals surface area (Å²) in [6.07, 6.45) is 3.48. The summed E-state index contributed by atoms with van der Waals surface area (Å²) in [5, 5.41) is 3.21. The predicted molar refractivity (Wildman–Crippen MR) is 105 cm³/mol. The Balaban J connectivity index is 1.64. The highest BCUT2D eigenvalue weighted by Crippen LogP contribution is 2.38. The minimum Gasteiger partial charge on any atom is -0.462 e. The van der Waals surface area contributed by atoms with Gasteiger partial charge >= 0.3 is 5.97 Å². The number of hydrogen-bond acceptors (Lipinski definition) is 6. The molecule has 2 fully saturated rings. The number of carbonyl (C=O) groups excluding carboxylic acids is 4. The van der Waals surface area contributed by atoms with Gasteiger partial charge in [-0.15, -0.1) is 11.3 Å². The number of nitrogens with zero attached hydrogens (tertiary/aromatic N) is 1. The number of carbonyl (C=O) groups is 4. The zero-order valence-electron chi connectivity index (χ0n) is 16.5. The molecule has 1 saturated heterocycles. The summed E-state index contributed by atoms with van der Waals surface area (Å²) in [6.45, 7) is 5.75. The SMILES string of the molecule is CCOC(=O)c1c(NC(=O)CCN2C(=O)C3CCCCC3C2=O)sc(C)c1C. The smallest absolute Gasteiger partial charge is 0.341 e. The molecule has 2 heterocycles. The molecule has 1 aromatic heterocycles. The van der Waals surface area contributed by atoms with Crippen LogP contribution in [0.3, 0.4) is 0 Å². The van der Waals surface area contributed by atoms with Crippen molar-refractivity contribution in [2.24, 2.45) is 11.8 Å². The molecule has 152 valence electrons. The number of fused-ring (bicyclic) bond motifs is 1. The Morgan fingerprint density at radius 3 is 2.32 bits per heavy atom. The van der Waals surface area contributed by atoms with Crippen molar-refractivity contribution in [3.63, 3.8) is 0 Å². The van der Waals surface area contributed by atoms with Crippen molar-refractivity contribution in [2.75, 3.05) is 18.5 Å². The van der Waals surface area contributed by atoms with Crippen molar-refractivity contribution in [3.05, 3.63) is 16.0 Å². The molecule has 3 rings (SSSR count). The molecule has 1 aliphatic heterocycles. The van der Waals surface area contributed by atoms with Gasteiger partial charge in [0.05, 0.1) is 24.0 Å². The van der Waals surface area contributed by atoms with E-state index in [0.717, 1.165) is 36.1 Å². The first-order valence-electron chi connectivity index (χ1n) is 9.77. The number of hydrogen-bond donors (Lipinski definition) is 1. The van der Waals surface area contributed by atoms with Crippen molar-refractivity contribution in [3.8, 4) is 0 Å². The lowest BCUT2D eigenvalue weighted by molar-refractivity contribution is -0.140. The molecule has 8 heteroatoms. The van der Waals surface area contributed by atoms with Crippen LogP contribution in [0.4, 0.5) is 5.00 Å². The van der Waals surface area contributed by atoms with E-state index in [0.29, 0.717) is 10.6 Å². The van der Waals surface area contributed by atoms with Crippen LogP contribution in [-0.2, 0) is 19.1 Å². The van der Waals surface area contributed by atoms with Gasteiger partial charge < -0.3 is 10.1 Å². The molecule has 3 amide bonds. The summed E-state index contributed by atoms with van der Waals surface area (Å²) >= 11 is 1.32. The Labute approximate surface area is 168 Å². The maximum atomic E-state index is 12.5. The molecule has 2 aliphatic rings. The number of nitrogens with one attached hydrogen (secondary N) is 1. The van der Waals surface area contributed by atoms with Crippen LogP contribution in [0, 0.1) is 25.7 Å². The lowest BCUT2D eigenvalue weighted by atomic mass is 9.81. The van der Waals surface area contributed by atoms with E-state index in [2.05, 4.69) is 5.32 Å². The Bertz CT molecular complexity index is 792. The molecule has 1 aliphatic carbocycles. The molecule has 0 spiro atoms. The lowest BCUT2D eigenvalue weighted by Crippen LogP contribution is -2.34. The predicted octanol–water partition coefficient (Wildman–Crippen LogP) is 3.05. The van der Waals surface area contributed by atoms with Gasteiger partial charge in [0.25, 0.3) is 0 Å².